The normalized spacial score (nSPS) is 20.9. The summed E-state index contributed by atoms with van der Waals surface area (Å²) in [7, 11) is 4.23. The van der Waals surface area contributed by atoms with Crippen LogP contribution in [0.15, 0.2) is 22.9 Å². The molecule has 0 unspecified atom stereocenters. The quantitative estimate of drug-likeness (QED) is 0.0584. The van der Waals surface area contributed by atoms with Crippen molar-refractivity contribution in [1.82, 2.24) is 9.80 Å². The van der Waals surface area contributed by atoms with E-state index < -0.39 is 72.4 Å². The fraction of sp³-hybridized carbons (Fsp3) is 0.538. The van der Waals surface area contributed by atoms with E-state index in [1.807, 2.05) is 24.6 Å². The Morgan fingerprint density at radius 2 is 1.16 bits per heavy atom. The van der Waals surface area contributed by atoms with Crippen LogP contribution in [0.2, 0.25) is 0 Å². The average Bonchev–Trinajstić information content (AvgIpc) is 4.13. The second-order valence-corrected chi connectivity index (χ2v) is 22.3. The standard InChI is InChI=1S/C52H62Cl2N4O16S2/c1-25-23-75-46-34(71-49-45(70-29(5)61)43(69-28(4)60)42(68-27(3)59)44(73-49)48(64)67-11)17-32-40(38(25)46)30(19-53)21-57(32)36(62)13-12-14-37(63)58-22-31(20-54)41-33(58)18-35(47-39(41)26(2)24-76-47)72-50(65)55(9)15-16-56(10)51(66)74-52(6,7)8/h17-18,23-24,30-31,42-45,49H,12-16,19-22H2,1-11H3/t30-,31-,42+,43+,44+,45-,49-/m1/s1. The predicted molar refractivity (Wildman–Crippen MR) is 284 cm³/mol. The Kier molecular flexibility index (Phi) is 18.0. The van der Waals surface area contributed by atoms with E-state index in [-0.39, 0.29) is 92.4 Å². The molecule has 0 aliphatic carbocycles. The summed E-state index contributed by atoms with van der Waals surface area (Å²) in [6.07, 6.45) is -9.23. The summed E-state index contributed by atoms with van der Waals surface area (Å²) in [5.41, 5.74) is 3.80. The van der Waals surface area contributed by atoms with E-state index in [2.05, 4.69) is 0 Å². The topological polar surface area (TPSA) is 223 Å². The third-order valence-corrected chi connectivity index (χ3v) is 16.0. The van der Waals surface area contributed by atoms with Crippen molar-refractivity contribution in [2.45, 2.75) is 123 Å². The Morgan fingerprint density at radius 1 is 0.697 bits per heavy atom. The summed E-state index contributed by atoms with van der Waals surface area (Å²) in [6.45, 7) is 13.2. The van der Waals surface area contributed by atoms with Crippen molar-refractivity contribution < 1.29 is 76.3 Å². The molecule has 1 saturated heterocycles. The van der Waals surface area contributed by atoms with Crippen LogP contribution in [-0.4, -0.2) is 153 Å². The third-order valence-electron chi connectivity index (χ3n) is 13.0. The van der Waals surface area contributed by atoms with Gasteiger partial charge in [-0.15, -0.1) is 45.9 Å². The number of benzene rings is 2. The Bertz CT molecular complexity index is 2940. The molecule has 3 aliphatic rings. The predicted octanol–water partition coefficient (Wildman–Crippen LogP) is 8.31. The number of hydrogen-bond donors (Lipinski definition) is 0. The number of alkyl halides is 2. The highest BCUT2D eigenvalue weighted by molar-refractivity contribution is 7.18. The van der Waals surface area contributed by atoms with Crippen LogP contribution in [0, 0.1) is 13.8 Å². The van der Waals surface area contributed by atoms with Crippen LogP contribution >= 0.6 is 45.9 Å². The Hall–Kier alpha value is -5.94. The molecule has 2 aromatic heterocycles. The van der Waals surface area contributed by atoms with Gasteiger partial charge in [-0.3, -0.25) is 24.0 Å². The largest absolute Gasteiger partial charge is 0.467 e. The molecule has 24 heteroatoms. The number of ether oxygens (including phenoxy) is 8. The first-order valence-electron chi connectivity index (χ1n) is 24.5. The molecule has 3 aliphatic heterocycles. The number of nitrogens with zero attached hydrogens (tertiary/aromatic N) is 4. The zero-order valence-electron chi connectivity index (χ0n) is 44.1. The molecular weight excluding hydrogens is 1070 g/mol. The minimum absolute atomic E-state index is 0.0176. The number of fused-ring (bicyclic) bond motifs is 6. The fourth-order valence-corrected chi connectivity index (χ4v) is 12.2. The number of rotatable bonds is 16. The third kappa shape index (κ3) is 12.3. The highest BCUT2D eigenvalue weighted by Crippen LogP contribution is 2.51. The number of carbonyl (C=O) groups excluding carboxylic acids is 8. The summed E-state index contributed by atoms with van der Waals surface area (Å²) in [6, 6.07) is 3.33. The van der Waals surface area contributed by atoms with Crippen molar-refractivity contribution in [3.8, 4) is 11.5 Å². The number of carbonyl (C=O) groups is 8. The van der Waals surface area contributed by atoms with Gasteiger partial charge in [-0.25, -0.2) is 14.4 Å². The van der Waals surface area contributed by atoms with Crippen molar-refractivity contribution in [3.05, 3.63) is 45.1 Å². The minimum atomic E-state index is -1.70. The van der Waals surface area contributed by atoms with Crippen LogP contribution < -0.4 is 19.3 Å². The van der Waals surface area contributed by atoms with Gasteiger partial charge >= 0.3 is 36.1 Å². The van der Waals surface area contributed by atoms with Crippen molar-refractivity contribution in [3.63, 3.8) is 0 Å². The highest BCUT2D eigenvalue weighted by atomic mass is 35.5. The molecule has 0 spiro atoms. The Balaban J connectivity index is 1.12. The van der Waals surface area contributed by atoms with E-state index in [1.54, 1.807) is 56.8 Å². The monoisotopic (exact) mass is 1130 g/mol. The van der Waals surface area contributed by atoms with Crippen LogP contribution in [0.5, 0.6) is 11.5 Å². The van der Waals surface area contributed by atoms with Gasteiger partial charge in [0.1, 0.15) is 11.4 Å². The van der Waals surface area contributed by atoms with Gasteiger partial charge < -0.3 is 57.5 Å². The molecular formula is C52H62Cl2N4O16S2. The number of esters is 4. The fourth-order valence-electron chi connectivity index (χ4n) is 9.65. The lowest BCUT2D eigenvalue weighted by atomic mass is 9.96. The molecule has 76 heavy (non-hydrogen) atoms. The average molecular weight is 1130 g/mol. The van der Waals surface area contributed by atoms with Gasteiger partial charge in [-0.05, 0) is 74.1 Å². The molecule has 0 bridgehead atoms. The van der Waals surface area contributed by atoms with Gasteiger partial charge in [0.05, 0.1) is 27.9 Å². The molecule has 0 saturated carbocycles. The molecule has 2 aromatic carbocycles. The van der Waals surface area contributed by atoms with Crippen LogP contribution in [0.3, 0.4) is 0 Å². The van der Waals surface area contributed by atoms with Gasteiger partial charge in [-0.2, -0.15) is 0 Å². The van der Waals surface area contributed by atoms with Crippen LogP contribution in [0.25, 0.3) is 20.2 Å². The van der Waals surface area contributed by atoms with Crippen LogP contribution in [0.1, 0.15) is 94.9 Å². The number of likely N-dealkylation sites (N-methyl/N-ethyl adjacent to an activating group) is 2. The van der Waals surface area contributed by atoms with Gasteiger partial charge in [-0.1, -0.05) is 0 Å². The number of hydrogen-bond acceptors (Lipinski definition) is 18. The van der Waals surface area contributed by atoms with E-state index >= 15 is 0 Å². The molecule has 1 fully saturated rings. The summed E-state index contributed by atoms with van der Waals surface area (Å²) < 4.78 is 47.0. The number of methoxy groups -OCH3 is 1. The first-order chi connectivity index (χ1) is 35.9. The van der Waals surface area contributed by atoms with Crippen molar-refractivity contribution >= 4 is 125 Å². The van der Waals surface area contributed by atoms with E-state index in [0.29, 0.717) is 16.1 Å². The van der Waals surface area contributed by atoms with E-state index in [1.165, 1.54) is 32.5 Å². The minimum Gasteiger partial charge on any atom is -0.467 e. The van der Waals surface area contributed by atoms with Crippen molar-refractivity contribution in [2.24, 2.45) is 0 Å². The van der Waals surface area contributed by atoms with Crippen LogP contribution in [0.4, 0.5) is 21.0 Å². The lowest BCUT2D eigenvalue weighted by Crippen LogP contribution is -2.64. The summed E-state index contributed by atoms with van der Waals surface area (Å²) in [4.78, 5) is 111. The Morgan fingerprint density at radius 3 is 1.63 bits per heavy atom. The lowest BCUT2D eigenvalue weighted by Gasteiger charge is -2.43. The van der Waals surface area contributed by atoms with Gasteiger partial charge in [0.15, 0.2) is 24.1 Å². The molecule has 5 heterocycles. The van der Waals surface area contributed by atoms with Gasteiger partial charge in [0.25, 0.3) is 0 Å². The molecule has 0 N–H and O–H groups in total. The second-order valence-electron chi connectivity index (χ2n) is 19.9. The molecule has 4 amide bonds. The zero-order valence-corrected chi connectivity index (χ0v) is 47.3. The number of halogens is 2. The highest BCUT2D eigenvalue weighted by Gasteiger charge is 2.56. The smallest absolute Gasteiger partial charge is 0.415 e. The SMILES string of the molecule is COC(=O)[C@H]1O[C@@H](Oc2cc3c(c4c(C)csc24)[C@H](CCl)CN3C(=O)CCCC(=O)N2C[C@@H](CCl)c3c2cc(OC(=O)N(C)CCN(C)C(=O)OC(C)(C)C)c2scc(C)c32)[C@H](OC(C)=O)[C@@H](OC(C)=O)[C@@H]1OC(C)=O. The van der Waals surface area contributed by atoms with Gasteiger partial charge in [0.2, 0.25) is 24.2 Å². The second kappa shape index (κ2) is 23.7. The first kappa shape index (κ1) is 57.8. The lowest BCUT2D eigenvalue weighted by molar-refractivity contribution is -0.282. The van der Waals surface area contributed by atoms with E-state index in [4.69, 9.17) is 61.1 Å². The van der Waals surface area contributed by atoms with Crippen molar-refractivity contribution in [2.75, 3.05) is 68.9 Å². The number of amides is 4. The van der Waals surface area contributed by atoms with Gasteiger partial charge in [0, 0.05) is 120 Å². The maximum absolute atomic E-state index is 14.5. The molecule has 412 valence electrons. The molecule has 7 atom stereocenters. The number of aryl methyl sites for hydroxylation is 2. The zero-order chi connectivity index (χ0) is 55.7. The molecule has 7 rings (SSSR count). The number of thiophene rings is 2. The van der Waals surface area contributed by atoms with Crippen molar-refractivity contribution in [1.29, 1.82) is 0 Å². The van der Waals surface area contributed by atoms with Crippen LogP contribution in [-0.2, 0) is 57.2 Å². The molecule has 0 radical (unpaired) electrons. The van der Waals surface area contributed by atoms with E-state index in [9.17, 15) is 38.4 Å². The molecule has 4 aromatic rings. The summed E-state index contributed by atoms with van der Waals surface area (Å²) >= 11 is 15.9. The maximum atomic E-state index is 14.5. The maximum Gasteiger partial charge on any atom is 0.415 e. The molecule has 20 nitrogen and oxygen atoms in total. The Labute approximate surface area is 457 Å². The first-order valence-corrected chi connectivity index (χ1v) is 27.3. The number of anilines is 2. The summed E-state index contributed by atoms with van der Waals surface area (Å²) in [5, 5.41) is 5.47. The van der Waals surface area contributed by atoms with E-state index in [0.717, 1.165) is 65.6 Å². The summed E-state index contributed by atoms with van der Waals surface area (Å²) in [5.74, 6) is -3.83.